The van der Waals surface area contributed by atoms with Gasteiger partial charge in [0.2, 0.25) is 0 Å². The zero-order valence-electron chi connectivity index (χ0n) is 8.62. The normalized spacial score (nSPS) is 17.1. The van der Waals surface area contributed by atoms with E-state index in [4.69, 9.17) is 9.47 Å². The SMILES string of the molecule is BrCCCc1ccc(C2OCCO2)cc1. The first-order valence-electron chi connectivity index (χ1n) is 5.28. The highest BCUT2D eigenvalue weighted by Gasteiger charge is 2.17. The van der Waals surface area contributed by atoms with Gasteiger partial charge in [0.05, 0.1) is 13.2 Å². The van der Waals surface area contributed by atoms with E-state index in [-0.39, 0.29) is 6.29 Å². The lowest BCUT2D eigenvalue weighted by molar-refractivity contribution is -0.0441. The zero-order valence-corrected chi connectivity index (χ0v) is 10.2. The fraction of sp³-hybridized carbons (Fsp3) is 0.500. The van der Waals surface area contributed by atoms with Crippen molar-refractivity contribution < 1.29 is 9.47 Å². The van der Waals surface area contributed by atoms with Crippen molar-refractivity contribution in [3.63, 3.8) is 0 Å². The maximum absolute atomic E-state index is 5.43. The quantitative estimate of drug-likeness (QED) is 0.783. The molecule has 1 aliphatic rings. The summed E-state index contributed by atoms with van der Waals surface area (Å²) in [4.78, 5) is 0. The first-order valence-corrected chi connectivity index (χ1v) is 6.40. The molecule has 1 saturated heterocycles. The van der Waals surface area contributed by atoms with Crippen molar-refractivity contribution in [2.45, 2.75) is 19.1 Å². The van der Waals surface area contributed by atoms with Gasteiger partial charge in [-0.05, 0) is 18.4 Å². The number of halogens is 1. The zero-order chi connectivity index (χ0) is 10.5. The predicted molar refractivity (Wildman–Crippen MR) is 63.2 cm³/mol. The largest absolute Gasteiger partial charge is 0.346 e. The third-order valence-electron chi connectivity index (χ3n) is 2.47. The summed E-state index contributed by atoms with van der Waals surface area (Å²) in [5.41, 5.74) is 2.49. The smallest absolute Gasteiger partial charge is 0.184 e. The molecule has 0 radical (unpaired) electrons. The minimum atomic E-state index is -0.143. The Morgan fingerprint density at radius 1 is 1.13 bits per heavy atom. The molecule has 15 heavy (non-hydrogen) atoms. The maximum Gasteiger partial charge on any atom is 0.184 e. The second-order valence-electron chi connectivity index (χ2n) is 3.61. The fourth-order valence-corrected chi connectivity index (χ4v) is 1.94. The van der Waals surface area contributed by atoms with E-state index < -0.39 is 0 Å². The molecule has 1 aliphatic heterocycles. The number of rotatable bonds is 4. The van der Waals surface area contributed by atoms with E-state index in [0.29, 0.717) is 13.2 Å². The van der Waals surface area contributed by atoms with Crippen LogP contribution in [0.3, 0.4) is 0 Å². The first kappa shape index (κ1) is 11.1. The van der Waals surface area contributed by atoms with Crippen LogP contribution in [0.2, 0.25) is 0 Å². The Balaban J connectivity index is 1.96. The van der Waals surface area contributed by atoms with Crippen molar-refractivity contribution in [2.75, 3.05) is 18.5 Å². The lowest BCUT2D eigenvalue weighted by Crippen LogP contribution is -1.98. The van der Waals surface area contributed by atoms with Crippen LogP contribution in [0.25, 0.3) is 0 Å². The second kappa shape index (κ2) is 5.64. The monoisotopic (exact) mass is 270 g/mol. The van der Waals surface area contributed by atoms with E-state index in [2.05, 4.69) is 40.2 Å². The molecule has 82 valence electrons. The number of hydrogen-bond donors (Lipinski definition) is 0. The van der Waals surface area contributed by atoms with E-state index in [9.17, 15) is 0 Å². The highest BCUT2D eigenvalue weighted by molar-refractivity contribution is 9.09. The molecule has 1 aromatic rings. The van der Waals surface area contributed by atoms with Crippen LogP contribution < -0.4 is 0 Å². The van der Waals surface area contributed by atoms with Crippen LogP contribution in [-0.4, -0.2) is 18.5 Å². The molecule has 1 fully saturated rings. The molecule has 0 N–H and O–H groups in total. The van der Waals surface area contributed by atoms with Crippen LogP contribution in [0.15, 0.2) is 24.3 Å². The molecule has 0 bridgehead atoms. The van der Waals surface area contributed by atoms with Gasteiger partial charge in [-0.3, -0.25) is 0 Å². The van der Waals surface area contributed by atoms with E-state index in [1.165, 1.54) is 12.0 Å². The molecule has 3 heteroatoms. The molecular weight excluding hydrogens is 256 g/mol. The number of hydrogen-bond acceptors (Lipinski definition) is 2. The van der Waals surface area contributed by atoms with Crippen molar-refractivity contribution in [1.82, 2.24) is 0 Å². The van der Waals surface area contributed by atoms with Gasteiger partial charge in [0, 0.05) is 10.9 Å². The summed E-state index contributed by atoms with van der Waals surface area (Å²) in [6.07, 6.45) is 2.16. The van der Waals surface area contributed by atoms with E-state index >= 15 is 0 Å². The summed E-state index contributed by atoms with van der Waals surface area (Å²) in [5.74, 6) is 0. The average molecular weight is 271 g/mol. The number of ether oxygens (including phenoxy) is 2. The number of aryl methyl sites for hydroxylation is 1. The number of benzene rings is 1. The molecule has 0 atom stereocenters. The van der Waals surface area contributed by atoms with Gasteiger partial charge in [-0.25, -0.2) is 0 Å². The Bertz CT molecular complexity index is 291. The van der Waals surface area contributed by atoms with Crippen molar-refractivity contribution in [3.05, 3.63) is 35.4 Å². The summed E-state index contributed by atoms with van der Waals surface area (Å²) in [5, 5.41) is 1.06. The van der Waals surface area contributed by atoms with E-state index in [0.717, 1.165) is 17.3 Å². The van der Waals surface area contributed by atoms with Gasteiger partial charge in [0.15, 0.2) is 6.29 Å². The van der Waals surface area contributed by atoms with E-state index in [1.807, 2.05) is 0 Å². The molecule has 1 aromatic carbocycles. The number of alkyl halides is 1. The van der Waals surface area contributed by atoms with Gasteiger partial charge in [0.25, 0.3) is 0 Å². The summed E-state index contributed by atoms with van der Waals surface area (Å²) >= 11 is 3.44. The molecular formula is C12H15BrO2. The molecule has 0 unspecified atom stereocenters. The van der Waals surface area contributed by atoms with E-state index in [1.54, 1.807) is 0 Å². The summed E-state index contributed by atoms with van der Waals surface area (Å²) in [6, 6.07) is 8.51. The fourth-order valence-electron chi connectivity index (χ4n) is 1.66. The molecule has 2 rings (SSSR count). The van der Waals surface area contributed by atoms with Crippen LogP contribution >= 0.6 is 15.9 Å². The maximum atomic E-state index is 5.43. The average Bonchev–Trinajstić information content (AvgIpc) is 2.80. The topological polar surface area (TPSA) is 18.5 Å². The van der Waals surface area contributed by atoms with Gasteiger partial charge >= 0.3 is 0 Å². The summed E-state index contributed by atoms with van der Waals surface area (Å²) in [7, 11) is 0. The third kappa shape index (κ3) is 3.03. The first-order chi connectivity index (χ1) is 7.40. The van der Waals surface area contributed by atoms with Gasteiger partial charge in [-0.1, -0.05) is 40.2 Å². The Hall–Kier alpha value is -0.380. The molecule has 0 spiro atoms. The molecule has 2 nitrogen and oxygen atoms in total. The lowest BCUT2D eigenvalue weighted by Gasteiger charge is -2.09. The Kier molecular flexibility index (Phi) is 4.18. The van der Waals surface area contributed by atoms with Crippen LogP contribution in [-0.2, 0) is 15.9 Å². The van der Waals surface area contributed by atoms with Crippen LogP contribution in [0.1, 0.15) is 23.8 Å². The highest BCUT2D eigenvalue weighted by Crippen LogP contribution is 2.23. The minimum absolute atomic E-state index is 0.143. The Labute approximate surface area is 98.7 Å². The molecule has 0 aliphatic carbocycles. The standard InChI is InChI=1S/C12H15BrO2/c13-7-1-2-10-3-5-11(6-4-10)12-14-8-9-15-12/h3-6,12H,1-2,7-9H2. The Morgan fingerprint density at radius 3 is 2.40 bits per heavy atom. The highest BCUT2D eigenvalue weighted by atomic mass is 79.9. The van der Waals surface area contributed by atoms with Crippen LogP contribution in [0, 0.1) is 0 Å². The molecule has 1 heterocycles. The van der Waals surface area contributed by atoms with Crippen LogP contribution in [0.4, 0.5) is 0 Å². The lowest BCUT2D eigenvalue weighted by atomic mass is 10.1. The molecule has 0 saturated carbocycles. The van der Waals surface area contributed by atoms with Crippen molar-refractivity contribution in [2.24, 2.45) is 0 Å². The summed E-state index contributed by atoms with van der Waals surface area (Å²) < 4.78 is 10.9. The van der Waals surface area contributed by atoms with Crippen LogP contribution in [0.5, 0.6) is 0 Å². The van der Waals surface area contributed by atoms with Gasteiger partial charge in [-0.15, -0.1) is 0 Å². The van der Waals surface area contributed by atoms with Crippen molar-refractivity contribution in [3.8, 4) is 0 Å². The third-order valence-corrected chi connectivity index (χ3v) is 3.03. The van der Waals surface area contributed by atoms with Gasteiger partial charge in [-0.2, -0.15) is 0 Å². The van der Waals surface area contributed by atoms with Crippen molar-refractivity contribution >= 4 is 15.9 Å². The van der Waals surface area contributed by atoms with Gasteiger partial charge < -0.3 is 9.47 Å². The van der Waals surface area contributed by atoms with Gasteiger partial charge in [0.1, 0.15) is 0 Å². The minimum Gasteiger partial charge on any atom is -0.346 e. The Morgan fingerprint density at radius 2 is 1.80 bits per heavy atom. The van der Waals surface area contributed by atoms with Crippen molar-refractivity contribution in [1.29, 1.82) is 0 Å². The molecule has 0 aromatic heterocycles. The second-order valence-corrected chi connectivity index (χ2v) is 4.40. The molecule has 0 amide bonds. The summed E-state index contributed by atoms with van der Waals surface area (Å²) in [6.45, 7) is 1.41. The predicted octanol–water partition coefficient (Wildman–Crippen LogP) is 3.06.